The Morgan fingerprint density at radius 2 is 2.14 bits per heavy atom. The summed E-state index contributed by atoms with van der Waals surface area (Å²) in [6, 6.07) is 9.18. The molecule has 1 aromatic carbocycles. The highest BCUT2D eigenvalue weighted by Crippen LogP contribution is 2.05. The molecule has 1 aromatic heterocycles. The molecule has 0 atom stereocenters. The lowest BCUT2D eigenvalue weighted by atomic mass is 10.2. The van der Waals surface area contributed by atoms with Gasteiger partial charge in [0, 0.05) is 17.8 Å². The first-order valence-corrected chi connectivity index (χ1v) is 6.16. The molecule has 1 amide bonds. The summed E-state index contributed by atoms with van der Waals surface area (Å²) in [5, 5.41) is 8.39. The largest absolute Gasteiger partial charge is 0.311 e. The third-order valence-corrected chi connectivity index (χ3v) is 2.82. The molecule has 2 aromatic rings. The molecule has 0 bridgehead atoms. The summed E-state index contributed by atoms with van der Waals surface area (Å²) in [6.07, 6.45) is 3.93. The summed E-state index contributed by atoms with van der Waals surface area (Å²) >= 11 is 0. The van der Waals surface area contributed by atoms with Crippen molar-refractivity contribution in [2.45, 2.75) is 6.54 Å². The van der Waals surface area contributed by atoms with Crippen molar-refractivity contribution >= 4 is 12.0 Å². The molecular formula is C15H13FN2O3. The van der Waals surface area contributed by atoms with Gasteiger partial charge in [-0.05, 0) is 35.9 Å². The molecule has 0 saturated heterocycles. The van der Waals surface area contributed by atoms with E-state index in [2.05, 4.69) is 0 Å². The van der Waals surface area contributed by atoms with E-state index in [1.807, 2.05) is 0 Å². The van der Waals surface area contributed by atoms with Crippen LogP contribution in [0.5, 0.6) is 0 Å². The molecule has 6 heteroatoms. The van der Waals surface area contributed by atoms with Crippen molar-refractivity contribution in [1.82, 2.24) is 10.0 Å². The fourth-order valence-corrected chi connectivity index (χ4v) is 1.84. The number of nitrogens with one attached hydrogen (secondary N) is 1. The molecule has 0 saturated carbocycles. The van der Waals surface area contributed by atoms with Gasteiger partial charge in [0.05, 0.1) is 6.54 Å². The first kappa shape index (κ1) is 14.7. The van der Waals surface area contributed by atoms with E-state index in [0.717, 1.165) is 6.08 Å². The molecule has 2 rings (SSSR count). The molecule has 0 aliphatic carbocycles. The zero-order valence-electron chi connectivity index (χ0n) is 11.0. The van der Waals surface area contributed by atoms with Crippen LogP contribution in [0.2, 0.25) is 0 Å². The van der Waals surface area contributed by atoms with Crippen molar-refractivity contribution < 1.29 is 14.4 Å². The van der Waals surface area contributed by atoms with Crippen molar-refractivity contribution in [2.75, 3.05) is 0 Å². The van der Waals surface area contributed by atoms with E-state index in [-0.39, 0.29) is 23.5 Å². The number of carbonyl (C=O) groups excluding carboxylic acids is 1. The Hall–Kier alpha value is -2.73. The number of hydrogen-bond acceptors (Lipinski definition) is 3. The number of hydroxylamine groups is 1. The van der Waals surface area contributed by atoms with E-state index in [4.69, 9.17) is 5.21 Å². The minimum atomic E-state index is -0.727. The maximum atomic E-state index is 13.1. The summed E-state index contributed by atoms with van der Waals surface area (Å²) in [5.41, 5.74) is 2.07. The molecule has 2 N–H and O–H groups in total. The Morgan fingerprint density at radius 1 is 1.33 bits per heavy atom. The molecule has 0 radical (unpaired) electrons. The molecule has 21 heavy (non-hydrogen) atoms. The maximum absolute atomic E-state index is 13.1. The maximum Gasteiger partial charge on any atom is 0.267 e. The van der Waals surface area contributed by atoms with Crippen LogP contribution in [0.1, 0.15) is 11.1 Å². The van der Waals surface area contributed by atoms with Crippen LogP contribution >= 0.6 is 0 Å². The molecule has 0 aliphatic heterocycles. The van der Waals surface area contributed by atoms with Gasteiger partial charge < -0.3 is 4.57 Å². The van der Waals surface area contributed by atoms with Crippen molar-refractivity contribution in [3.8, 4) is 0 Å². The van der Waals surface area contributed by atoms with Gasteiger partial charge in [0.15, 0.2) is 0 Å². The minimum Gasteiger partial charge on any atom is -0.311 e. The van der Waals surface area contributed by atoms with E-state index >= 15 is 0 Å². The Labute approximate surface area is 119 Å². The van der Waals surface area contributed by atoms with Crippen LogP contribution in [0.15, 0.2) is 53.5 Å². The summed E-state index contributed by atoms with van der Waals surface area (Å²) in [5.74, 6) is -1.09. The van der Waals surface area contributed by atoms with Crippen molar-refractivity contribution in [2.24, 2.45) is 0 Å². The second kappa shape index (κ2) is 6.62. The smallest absolute Gasteiger partial charge is 0.267 e. The number of halogens is 1. The number of aromatic nitrogens is 1. The molecule has 1 heterocycles. The number of nitrogens with zero attached hydrogens (tertiary/aromatic N) is 1. The summed E-state index contributed by atoms with van der Waals surface area (Å²) in [7, 11) is 0. The van der Waals surface area contributed by atoms with Gasteiger partial charge in [-0.15, -0.1) is 0 Å². The number of amides is 1. The van der Waals surface area contributed by atoms with E-state index in [0.29, 0.717) is 5.56 Å². The Morgan fingerprint density at radius 3 is 2.86 bits per heavy atom. The van der Waals surface area contributed by atoms with E-state index in [1.165, 1.54) is 28.3 Å². The Kier molecular flexibility index (Phi) is 4.63. The third kappa shape index (κ3) is 3.87. The number of hydrogen-bond donors (Lipinski definition) is 2. The van der Waals surface area contributed by atoms with E-state index in [9.17, 15) is 14.0 Å². The third-order valence-electron chi connectivity index (χ3n) is 2.82. The van der Waals surface area contributed by atoms with E-state index in [1.54, 1.807) is 30.5 Å². The highest BCUT2D eigenvalue weighted by molar-refractivity contribution is 5.90. The van der Waals surface area contributed by atoms with Crippen LogP contribution in [-0.2, 0) is 11.3 Å². The standard InChI is InChI=1S/C15H13FN2O3/c16-13-5-1-3-11(9-13)10-18-8-2-4-12(15(18)20)6-7-14(19)17-21/h1-9,21H,10H2,(H,17,19)/b7-6+. The fraction of sp³-hybridized carbons (Fsp3) is 0.0667. The summed E-state index contributed by atoms with van der Waals surface area (Å²) in [4.78, 5) is 23.1. The zero-order valence-corrected chi connectivity index (χ0v) is 11.0. The van der Waals surface area contributed by atoms with Gasteiger partial charge in [0.2, 0.25) is 0 Å². The second-order valence-corrected chi connectivity index (χ2v) is 4.34. The Bertz CT molecular complexity index is 738. The zero-order chi connectivity index (χ0) is 15.2. The monoisotopic (exact) mass is 288 g/mol. The van der Waals surface area contributed by atoms with Crippen molar-refractivity contribution in [3.05, 3.63) is 76.0 Å². The average molecular weight is 288 g/mol. The molecule has 0 fully saturated rings. The minimum absolute atomic E-state index is 0.227. The molecular weight excluding hydrogens is 275 g/mol. The van der Waals surface area contributed by atoms with Crippen LogP contribution in [0.25, 0.3) is 6.08 Å². The number of carbonyl (C=O) groups is 1. The highest BCUT2D eigenvalue weighted by Gasteiger charge is 2.03. The topological polar surface area (TPSA) is 71.3 Å². The Balaban J connectivity index is 2.28. The summed E-state index contributed by atoms with van der Waals surface area (Å²) in [6.45, 7) is 0.227. The highest BCUT2D eigenvalue weighted by atomic mass is 19.1. The van der Waals surface area contributed by atoms with Crippen molar-refractivity contribution in [1.29, 1.82) is 0 Å². The molecule has 0 spiro atoms. The molecule has 108 valence electrons. The lowest BCUT2D eigenvalue weighted by Crippen LogP contribution is -2.22. The quantitative estimate of drug-likeness (QED) is 0.509. The molecule has 0 aliphatic rings. The van der Waals surface area contributed by atoms with Crippen LogP contribution in [0.4, 0.5) is 4.39 Å². The van der Waals surface area contributed by atoms with Crippen LogP contribution in [0.3, 0.4) is 0 Å². The van der Waals surface area contributed by atoms with Crippen molar-refractivity contribution in [3.63, 3.8) is 0 Å². The normalized spacial score (nSPS) is 10.8. The number of pyridine rings is 1. The van der Waals surface area contributed by atoms with E-state index < -0.39 is 5.91 Å². The van der Waals surface area contributed by atoms with Crippen LogP contribution < -0.4 is 11.0 Å². The summed E-state index contributed by atoms with van der Waals surface area (Å²) < 4.78 is 14.5. The van der Waals surface area contributed by atoms with Gasteiger partial charge in [-0.25, -0.2) is 9.87 Å². The van der Waals surface area contributed by atoms with Gasteiger partial charge in [-0.2, -0.15) is 0 Å². The fourth-order valence-electron chi connectivity index (χ4n) is 1.84. The van der Waals surface area contributed by atoms with Gasteiger partial charge >= 0.3 is 0 Å². The lowest BCUT2D eigenvalue weighted by Gasteiger charge is -2.06. The van der Waals surface area contributed by atoms with Gasteiger partial charge in [0.1, 0.15) is 5.82 Å². The first-order chi connectivity index (χ1) is 10.1. The van der Waals surface area contributed by atoms with Gasteiger partial charge in [-0.3, -0.25) is 14.8 Å². The number of rotatable bonds is 4. The predicted molar refractivity (Wildman–Crippen MR) is 75.2 cm³/mol. The predicted octanol–water partition coefficient (Wildman–Crippen LogP) is 1.55. The second-order valence-electron chi connectivity index (χ2n) is 4.34. The van der Waals surface area contributed by atoms with Gasteiger partial charge in [0.25, 0.3) is 11.5 Å². The van der Waals surface area contributed by atoms with Crippen LogP contribution in [-0.4, -0.2) is 15.7 Å². The SMILES string of the molecule is O=C(/C=C/c1cccn(Cc2cccc(F)c2)c1=O)NO. The van der Waals surface area contributed by atoms with Crippen LogP contribution in [0, 0.1) is 5.82 Å². The molecule has 5 nitrogen and oxygen atoms in total. The molecule has 0 unspecified atom stereocenters. The first-order valence-electron chi connectivity index (χ1n) is 6.16. The average Bonchev–Trinajstić information content (AvgIpc) is 2.48. The van der Waals surface area contributed by atoms with Gasteiger partial charge in [-0.1, -0.05) is 12.1 Å². The number of benzene rings is 1. The lowest BCUT2D eigenvalue weighted by molar-refractivity contribution is -0.124.